The predicted octanol–water partition coefficient (Wildman–Crippen LogP) is 0.690. The lowest BCUT2D eigenvalue weighted by molar-refractivity contribution is -0.143. The summed E-state index contributed by atoms with van der Waals surface area (Å²) in [6.07, 6.45) is 1.02. The number of likely N-dealkylation sites (tertiary alicyclic amines) is 1. The van der Waals surface area contributed by atoms with Gasteiger partial charge in [0, 0.05) is 18.5 Å². The third kappa shape index (κ3) is 8.55. The quantitative estimate of drug-likeness (QED) is 0.209. The number of hydrogen-bond acceptors (Lipinski definition) is 9. The summed E-state index contributed by atoms with van der Waals surface area (Å²) in [4.78, 5) is 77.1. The number of carboxylic acid groups (broad SMARTS) is 2. The SMILES string of the molecule is CC(C(=O)NC(CC(=O)O)C(=O)Cn1nnnc1Cc1ccccc1)N1CCCC[C@H](NC(=O)c2cccc(C(=O)O)c2)C1=O. The third-order valence-corrected chi connectivity index (χ3v) is 7.45. The lowest BCUT2D eigenvalue weighted by Gasteiger charge is -2.30. The van der Waals surface area contributed by atoms with E-state index < -0.39 is 60.0 Å². The summed E-state index contributed by atoms with van der Waals surface area (Å²) in [7, 11) is 0. The molecular formula is C30H33N7O8. The third-order valence-electron chi connectivity index (χ3n) is 7.45. The van der Waals surface area contributed by atoms with Crippen molar-refractivity contribution in [1.82, 2.24) is 35.7 Å². The number of carboxylic acids is 2. The van der Waals surface area contributed by atoms with Crippen LogP contribution < -0.4 is 10.6 Å². The van der Waals surface area contributed by atoms with Crippen LogP contribution in [0.5, 0.6) is 0 Å². The van der Waals surface area contributed by atoms with Crippen LogP contribution in [0.1, 0.15) is 64.7 Å². The number of aliphatic carboxylic acids is 1. The number of rotatable bonds is 13. The zero-order valence-electron chi connectivity index (χ0n) is 24.5. The number of carbonyl (C=O) groups excluding carboxylic acids is 4. The first kappa shape index (κ1) is 32.4. The Hall–Kier alpha value is -5.47. The van der Waals surface area contributed by atoms with Crippen molar-refractivity contribution in [3.8, 4) is 0 Å². The number of nitrogens with zero attached hydrogens (tertiary/aromatic N) is 5. The van der Waals surface area contributed by atoms with Gasteiger partial charge >= 0.3 is 11.9 Å². The maximum atomic E-state index is 13.5. The van der Waals surface area contributed by atoms with Crippen LogP contribution in [0.3, 0.4) is 0 Å². The van der Waals surface area contributed by atoms with E-state index in [1.165, 1.54) is 40.8 Å². The molecule has 1 aliphatic rings. The number of aromatic carboxylic acids is 1. The van der Waals surface area contributed by atoms with Crippen molar-refractivity contribution in [1.29, 1.82) is 0 Å². The number of amides is 3. The lowest BCUT2D eigenvalue weighted by Crippen LogP contribution is -2.56. The molecule has 3 atom stereocenters. The Morgan fingerprint density at radius 1 is 1.00 bits per heavy atom. The maximum absolute atomic E-state index is 13.5. The second-order valence-electron chi connectivity index (χ2n) is 10.7. The molecule has 236 valence electrons. The van der Waals surface area contributed by atoms with Crippen LogP contribution >= 0.6 is 0 Å². The summed E-state index contributed by atoms with van der Waals surface area (Å²) < 4.78 is 1.25. The second-order valence-corrected chi connectivity index (χ2v) is 10.7. The predicted molar refractivity (Wildman–Crippen MR) is 156 cm³/mol. The molecule has 1 fully saturated rings. The molecule has 45 heavy (non-hydrogen) atoms. The fourth-order valence-electron chi connectivity index (χ4n) is 4.98. The average molecular weight is 620 g/mol. The number of Topliss-reactive ketones (excluding diaryl/α,β-unsaturated/α-hetero) is 1. The van der Waals surface area contributed by atoms with Gasteiger partial charge in [-0.25, -0.2) is 9.48 Å². The van der Waals surface area contributed by atoms with Crippen molar-refractivity contribution in [2.45, 2.75) is 63.7 Å². The number of ketones is 1. The van der Waals surface area contributed by atoms with Gasteiger partial charge in [-0.15, -0.1) is 5.10 Å². The average Bonchev–Trinajstić information content (AvgIpc) is 3.36. The summed E-state index contributed by atoms with van der Waals surface area (Å²) in [5, 5.41) is 35.2. The minimum absolute atomic E-state index is 0.0637. The molecule has 2 unspecified atom stereocenters. The molecule has 4 N–H and O–H groups in total. The zero-order valence-corrected chi connectivity index (χ0v) is 24.5. The van der Waals surface area contributed by atoms with Crippen molar-refractivity contribution in [3.05, 3.63) is 77.1 Å². The molecule has 0 radical (unpaired) electrons. The van der Waals surface area contributed by atoms with Gasteiger partial charge in [-0.1, -0.05) is 36.4 Å². The summed E-state index contributed by atoms with van der Waals surface area (Å²) in [6.45, 7) is 1.26. The Labute approximate surface area is 257 Å². The van der Waals surface area contributed by atoms with Crippen molar-refractivity contribution < 1.29 is 39.0 Å². The molecule has 15 heteroatoms. The summed E-state index contributed by atoms with van der Waals surface area (Å²) >= 11 is 0. The van der Waals surface area contributed by atoms with Crippen LogP contribution in [0.4, 0.5) is 0 Å². The Morgan fingerprint density at radius 2 is 1.73 bits per heavy atom. The van der Waals surface area contributed by atoms with Gasteiger partial charge in [0.05, 0.1) is 18.0 Å². The lowest BCUT2D eigenvalue weighted by atomic mass is 10.1. The molecule has 3 aromatic rings. The molecule has 2 heterocycles. The standard InChI is InChI=1S/C30H33N7O8/c1-18(36-13-6-5-12-22(29(36)43)31-28(42)20-10-7-11-21(15-20)30(44)45)27(41)32-23(16-26(39)40)24(38)17-37-25(33-34-35-37)14-19-8-3-2-4-9-19/h2-4,7-11,15,18,22-23H,5-6,12-14,16-17H2,1H3,(H,31,42)(H,32,41)(H,39,40)(H,44,45)/t18?,22-,23?/m0/s1. The molecule has 3 amide bonds. The van der Waals surface area contributed by atoms with E-state index >= 15 is 0 Å². The van der Waals surface area contributed by atoms with Gasteiger partial charge in [-0.2, -0.15) is 0 Å². The highest BCUT2D eigenvalue weighted by Gasteiger charge is 2.35. The molecule has 2 aromatic carbocycles. The minimum Gasteiger partial charge on any atom is -0.481 e. The molecule has 1 aliphatic heterocycles. The molecule has 0 spiro atoms. The molecule has 4 rings (SSSR count). The molecular weight excluding hydrogens is 586 g/mol. The largest absolute Gasteiger partial charge is 0.481 e. The van der Waals surface area contributed by atoms with Crippen molar-refractivity contribution in [2.24, 2.45) is 0 Å². The molecule has 0 bridgehead atoms. The van der Waals surface area contributed by atoms with Crippen molar-refractivity contribution in [3.63, 3.8) is 0 Å². The van der Waals surface area contributed by atoms with E-state index in [0.717, 1.165) is 5.56 Å². The Balaban J connectivity index is 1.43. The minimum atomic E-state index is -1.43. The van der Waals surface area contributed by atoms with E-state index in [0.29, 0.717) is 31.5 Å². The number of aromatic nitrogens is 4. The molecule has 1 aromatic heterocycles. The van der Waals surface area contributed by atoms with Crippen LogP contribution in [0, 0.1) is 0 Å². The van der Waals surface area contributed by atoms with E-state index in [1.807, 2.05) is 30.3 Å². The number of nitrogens with one attached hydrogen (secondary N) is 2. The highest BCUT2D eigenvalue weighted by Crippen LogP contribution is 2.17. The zero-order chi connectivity index (χ0) is 32.5. The molecule has 0 aliphatic carbocycles. The van der Waals surface area contributed by atoms with Crippen molar-refractivity contribution >= 4 is 35.4 Å². The van der Waals surface area contributed by atoms with Crippen LogP contribution in [0.25, 0.3) is 0 Å². The van der Waals surface area contributed by atoms with Gasteiger partial charge in [0.1, 0.15) is 18.6 Å². The van der Waals surface area contributed by atoms with Crippen LogP contribution in [-0.4, -0.2) is 95.4 Å². The van der Waals surface area contributed by atoms with Crippen molar-refractivity contribution in [2.75, 3.05) is 6.54 Å². The topological polar surface area (TPSA) is 214 Å². The Bertz CT molecular complexity index is 1570. The molecule has 1 saturated heterocycles. The number of hydrogen-bond donors (Lipinski definition) is 4. The van der Waals surface area contributed by atoms with E-state index in [2.05, 4.69) is 26.2 Å². The van der Waals surface area contributed by atoms with Gasteiger partial charge in [-0.05, 0) is 60.4 Å². The highest BCUT2D eigenvalue weighted by molar-refractivity contribution is 6.00. The van der Waals surface area contributed by atoms with E-state index in [-0.39, 0.29) is 24.2 Å². The van der Waals surface area contributed by atoms with E-state index in [9.17, 15) is 39.0 Å². The first-order valence-electron chi connectivity index (χ1n) is 14.3. The van der Waals surface area contributed by atoms with Gasteiger partial charge < -0.3 is 25.7 Å². The van der Waals surface area contributed by atoms with E-state index in [1.54, 1.807) is 0 Å². The summed E-state index contributed by atoms with van der Waals surface area (Å²) in [6, 6.07) is 11.2. The molecule has 0 saturated carbocycles. The number of tetrazole rings is 1. The smallest absolute Gasteiger partial charge is 0.335 e. The van der Waals surface area contributed by atoms with Crippen LogP contribution in [0.2, 0.25) is 0 Å². The first-order chi connectivity index (χ1) is 21.5. The fourth-order valence-corrected chi connectivity index (χ4v) is 4.98. The highest BCUT2D eigenvalue weighted by atomic mass is 16.4. The van der Waals surface area contributed by atoms with E-state index in [4.69, 9.17) is 0 Å². The Kier molecular flexibility index (Phi) is 10.7. The monoisotopic (exact) mass is 619 g/mol. The first-order valence-corrected chi connectivity index (χ1v) is 14.3. The Morgan fingerprint density at radius 3 is 2.44 bits per heavy atom. The summed E-state index contributed by atoms with van der Waals surface area (Å²) in [5.74, 6) is -4.70. The maximum Gasteiger partial charge on any atom is 0.335 e. The van der Waals surface area contributed by atoms with Gasteiger partial charge in [0.25, 0.3) is 5.91 Å². The number of carbonyl (C=O) groups is 6. The molecule has 15 nitrogen and oxygen atoms in total. The van der Waals surface area contributed by atoms with Crippen LogP contribution in [-0.2, 0) is 32.1 Å². The van der Waals surface area contributed by atoms with Gasteiger partial charge in [0.15, 0.2) is 11.6 Å². The van der Waals surface area contributed by atoms with Crippen LogP contribution in [0.15, 0.2) is 54.6 Å². The second kappa shape index (κ2) is 14.8. The number of benzene rings is 2. The summed E-state index contributed by atoms with van der Waals surface area (Å²) in [5.41, 5.74) is 0.879. The fraction of sp³-hybridized carbons (Fsp3) is 0.367. The van der Waals surface area contributed by atoms with Gasteiger partial charge in [0.2, 0.25) is 11.8 Å². The van der Waals surface area contributed by atoms with Gasteiger partial charge in [-0.3, -0.25) is 24.0 Å². The normalized spacial score (nSPS) is 16.2.